The van der Waals surface area contributed by atoms with Gasteiger partial charge in [0, 0.05) is 12.5 Å². The first kappa shape index (κ1) is 7.03. The first-order valence-corrected chi connectivity index (χ1v) is 3.15. The van der Waals surface area contributed by atoms with Gasteiger partial charge in [0.1, 0.15) is 0 Å². The van der Waals surface area contributed by atoms with Crippen LogP contribution in [0.3, 0.4) is 0 Å². The van der Waals surface area contributed by atoms with E-state index in [2.05, 4.69) is 5.32 Å². The van der Waals surface area contributed by atoms with Crippen LogP contribution < -0.4 is 5.32 Å². The summed E-state index contributed by atoms with van der Waals surface area (Å²) >= 11 is 0. The summed E-state index contributed by atoms with van der Waals surface area (Å²) < 4.78 is 0. The van der Waals surface area contributed by atoms with Crippen LogP contribution in [0.5, 0.6) is 0 Å². The van der Waals surface area contributed by atoms with Gasteiger partial charge in [-0.1, -0.05) is 0 Å². The Bertz CT molecular complexity index is 137. The zero-order valence-corrected chi connectivity index (χ0v) is 5.91. The Kier molecular flexibility index (Phi) is 1.78. The normalized spacial score (nSPS) is 38.9. The fourth-order valence-electron chi connectivity index (χ4n) is 1.62. The zero-order valence-electron chi connectivity index (χ0n) is 5.09. The summed E-state index contributed by atoms with van der Waals surface area (Å²) in [5, 5.41) is 3.23. The fraction of sp³-hybridized carbons (Fsp3) is 0.833. The van der Waals surface area contributed by atoms with Crippen molar-refractivity contribution in [2.75, 3.05) is 0 Å². The summed E-state index contributed by atoms with van der Waals surface area (Å²) in [6.45, 7) is 0. The van der Waals surface area contributed by atoms with E-state index in [0.29, 0.717) is 11.8 Å². The first-order valence-electron chi connectivity index (χ1n) is 3.15. The highest BCUT2D eigenvalue weighted by atomic mass is 35.5. The number of halogens is 1. The highest BCUT2D eigenvalue weighted by molar-refractivity contribution is 5.87. The molecule has 9 heavy (non-hydrogen) atoms. The van der Waals surface area contributed by atoms with E-state index in [-0.39, 0.29) is 18.4 Å². The van der Waals surface area contributed by atoms with Gasteiger partial charge >= 0.3 is 0 Å². The Balaban J connectivity index is 0.000000405. The standard InChI is InChI=1S/C6H9NO.ClH/c8-6-3-4-1-2-5(6)7-4;/h4-5,7H,1-3H2;1H. The average molecular weight is 148 g/mol. The van der Waals surface area contributed by atoms with Crippen molar-refractivity contribution in [3.8, 4) is 0 Å². The molecular weight excluding hydrogens is 138 g/mol. The Hall–Kier alpha value is -0.0800. The third-order valence-electron chi connectivity index (χ3n) is 2.08. The van der Waals surface area contributed by atoms with Gasteiger partial charge in [0.05, 0.1) is 6.04 Å². The summed E-state index contributed by atoms with van der Waals surface area (Å²) in [6.07, 6.45) is 3.10. The average Bonchev–Trinajstić information content (AvgIpc) is 2.23. The molecule has 2 atom stereocenters. The van der Waals surface area contributed by atoms with Crippen molar-refractivity contribution in [2.24, 2.45) is 0 Å². The minimum Gasteiger partial charge on any atom is -0.304 e. The Morgan fingerprint density at radius 2 is 2.22 bits per heavy atom. The smallest absolute Gasteiger partial charge is 0.151 e. The van der Waals surface area contributed by atoms with Gasteiger partial charge in [-0.25, -0.2) is 0 Å². The second-order valence-corrected chi connectivity index (χ2v) is 2.66. The number of hydrogen-bond donors (Lipinski definition) is 1. The van der Waals surface area contributed by atoms with Gasteiger partial charge in [-0.15, -0.1) is 12.4 Å². The van der Waals surface area contributed by atoms with Crippen LogP contribution in [0.1, 0.15) is 19.3 Å². The fourth-order valence-corrected chi connectivity index (χ4v) is 1.62. The van der Waals surface area contributed by atoms with Crippen molar-refractivity contribution in [3.63, 3.8) is 0 Å². The molecule has 0 radical (unpaired) electrons. The third kappa shape index (κ3) is 0.970. The van der Waals surface area contributed by atoms with Crippen LogP contribution in [0.25, 0.3) is 0 Å². The van der Waals surface area contributed by atoms with Crippen LogP contribution in [0.2, 0.25) is 0 Å². The number of carbonyl (C=O) groups is 1. The molecule has 0 amide bonds. The third-order valence-corrected chi connectivity index (χ3v) is 2.08. The van der Waals surface area contributed by atoms with Crippen molar-refractivity contribution in [3.05, 3.63) is 0 Å². The molecule has 2 heterocycles. The lowest BCUT2D eigenvalue weighted by atomic mass is 10.00. The number of nitrogens with one attached hydrogen (secondary N) is 1. The summed E-state index contributed by atoms with van der Waals surface area (Å²) in [5.41, 5.74) is 0. The molecule has 2 nitrogen and oxygen atoms in total. The Labute approximate surface area is 60.4 Å². The van der Waals surface area contributed by atoms with Gasteiger partial charge in [-0.05, 0) is 12.8 Å². The molecule has 1 N–H and O–H groups in total. The van der Waals surface area contributed by atoms with E-state index in [1.54, 1.807) is 0 Å². The molecule has 0 aromatic heterocycles. The molecule has 2 aliphatic rings. The molecule has 2 saturated heterocycles. The number of fused-ring (bicyclic) bond motifs is 2. The summed E-state index contributed by atoms with van der Waals surface area (Å²) in [4.78, 5) is 10.8. The molecule has 0 aliphatic carbocycles. The molecule has 52 valence electrons. The van der Waals surface area contributed by atoms with Crippen molar-refractivity contribution in [1.29, 1.82) is 0 Å². The molecule has 2 unspecified atom stereocenters. The van der Waals surface area contributed by atoms with Crippen LogP contribution in [-0.4, -0.2) is 17.9 Å². The molecular formula is C6H10ClNO. The minimum absolute atomic E-state index is 0. The monoisotopic (exact) mass is 147 g/mol. The highest BCUT2D eigenvalue weighted by Gasteiger charge is 2.37. The van der Waals surface area contributed by atoms with E-state index in [1.165, 1.54) is 6.42 Å². The van der Waals surface area contributed by atoms with Gasteiger partial charge in [0.25, 0.3) is 0 Å². The molecule has 2 aliphatic heterocycles. The topological polar surface area (TPSA) is 29.1 Å². The quantitative estimate of drug-likeness (QED) is 0.541. The molecule has 0 saturated carbocycles. The molecule has 3 heteroatoms. The first-order chi connectivity index (χ1) is 3.86. The van der Waals surface area contributed by atoms with Crippen molar-refractivity contribution in [1.82, 2.24) is 5.32 Å². The largest absolute Gasteiger partial charge is 0.304 e. The van der Waals surface area contributed by atoms with Gasteiger partial charge in [-0.3, -0.25) is 4.79 Å². The van der Waals surface area contributed by atoms with E-state index in [1.807, 2.05) is 0 Å². The summed E-state index contributed by atoms with van der Waals surface area (Å²) in [7, 11) is 0. The molecule has 0 spiro atoms. The van der Waals surface area contributed by atoms with Crippen molar-refractivity contribution >= 4 is 18.2 Å². The number of carbonyl (C=O) groups excluding carboxylic acids is 1. The second-order valence-electron chi connectivity index (χ2n) is 2.66. The maximum Gasteiger partial charge on any atom is 0.151 e. The van der Waals surface area contributed by atoms with Crippen LogP contribution in [0.15, 0.2) is 0 Å². The van der Waals surface area contributed by atoms with Crippen LogP contribution >= 0.6 is 12.4 Å². The van der Waals surface area contributed by atoms with E-state index in [4.69, 9.17) is 0 Å². The SMILES string of the molecule is Cl.O=C1CC2CCC1N2. The van der Waals surface area contributed by atoms with Gasteiger partial charge in [0.2, 0.25) is 0 Å². The number of rotatable bonds is 0. The maximum absolute atomic E-state index is 10.8. The lowest BCUT2D eigenvalue weighted by Crippen LogP contribution is -2.22. The lowest BCUT2D eigenvalue weighted by Gasteiger charge is -2.02. The van der Waals surface area contributed by atoms with Gasteiger partial charge in [-0.2, -0.15) is 0 Å². The molecule has 2 fully saturated rings. The van der Waals surface area contributed by atoms with E-state index >= 15 is 0 Å². The molecule has 0 aromatic rings. The van der Waals surface area contributed by atoms with E-state index < -0.39 is 0 Å². The summed E-state index contributed by atoms with van der Waals surface area (Å²) in [5.74, 6) is 0.432. The maximum atomic E-state index is 10.8. The van der Waals surface area contributed by atoms with E-state index in [9.17, 15) is 4.79 Å². The molecule has 0 aromatic carbocycles. The van der Waals surface area contributed by atoms with Crippen LogP contribution in [-0.2, 0) is 4.79 Å². The number of Topliss-reactive ketones (excluding diaryl/α,β-unsaturated/α-hetero) is 1. The minimum atomic E-state index is 0. The number of ketones is 1. The van der Waals surface area contributed by atoms with Crippen LogP contribution in [0.4, 0.5) is 0 Å². The van der Waals surface area contributed by atoms with Gasteiger partial charge in [0.15, 0.2) is 5.78 Å². The Morgan fingerprint density at radius 1 is 1.44 bits per heavy atom. The highest BCUT2D eigenvalue weighted by Crippen LogP contribution is 2.24. The van der Waals surface area contributed by atoms with Crippen molar-refractivity contribution < 1.29 is 4.79 Å². The molecule has 2 bridgehead atoms. The van der Waals surface area contributed by atoms with Crippen molar-refractivity contribution in [2.45, 2.75) is 31.3 Å². The predicted molar refractivity (Wildman–Crippen MR) is 36.8 cm³/mol. The predicted octanol–water partition coefficient (Wildman–Crippen LogP) is 0.502. The number of hydrogen-bond acceptors (Lipinski definition) is 2. The van der Waals surface area contributed by atoms with E-state index in [0.717, 1.165) is 12.8 Å². The van der Waals surface area contributed by atoms with Crippen LogP contribution in [0, 0.1) is 0 Å². The van der Waals surface area contributed by atoms with Gasteiger partial charge < -0.3 is 5.32 Å². The zero-order chi connectivity index (χ0) is 5.56. The lowest BCUT2D eigenvalue weighted by molar-refractivity contribution is -0.119. The second kappa shape index (κ2) is 2.27. The summed E-state index contributed by atoms with van der Waals surface area (Å²) in [6, 6.07) is 0.799. The Morgan fingerprint density at radius 3 is 2.44 bits per heavy atom. The molecule has 2 rings (SSSR count).